The van der Waals surface area contributed by atoms with Gasteiger partial charge in [-0.15, -0.1) is 0 Å². The fraction of sp³-hybridized carbons (Fsp3) is 0.556. The van der Waals surface area contributed by atoms with Gasteiger partial charge in [0.2, 0.25) is 0 Å². The molecule has 0 unspecified atom stereocenters. The van der Waals surface area contributed by atoms with Crippen molar-refractivity contribution < 1.29 is 4.74 Å². The second-order valence-corrected chi connectivity index (χ2v) is 5.63. The van der Waals surface area contributed by atoms with Crippen LogP contribution in [-0.4, -0.2) is 12.6 Å². The van der Waals surface area contributed by atoms with Gasteiger partial charge in [-0.05, 0) is 18.9 Å². The Morgan fingerprint density at radius 1 is 1.10 bits per heavy atom. The molecule has 0 atom stereocenters. The fourth-order valence-corrected chi connectivity index (χ4v) is 2.85. The normalized spacial score (nSPS) is 17.2. The molecule has 0 spiro atoms. The van der Waals surface area contributed by atoms with E-state index < -0.39 is 0 Å². The first-order valence-electron chi connectivity index (χ1n) is 7.95. The Hall–Kier alpha value is -1.28. The van der Waals surface area contributed by atoms with Crippen molar-refractivity contribution in [3.8, 4) is 5.75 Å². The molecule has 0 aliphatic heterocycles. The van der Waals surface area contributed by atoms with Crippen LogP contribution < -0.4 is 10.1 Å². The molecule has 0 amide bonds. The molecule has 1 fully saturated rings. The van der Waals surface area contributed by atoms with Gasteiger partial charge in [-0.1, -0.05) is 63.0 Å². The molecule has 1 aromatic rings. The van der Waals surface area contributed by atoms with Gasteiger partial charge in [-0.25, -0.2) is 0 Å². The van der Waals surface area contributed by atoms with Crippen LogP contribution in [0.15, 0.2) is 36.9 Å². The minimum atomic E-state index is 0.570. The summed E-state index contributed by atoms with van der Waals surface area (Å²) in [5.74, 6) is 0.978. The average Bonchev–Trinajstić information content (AvgIpc) is 2.45. The molecule has 0 heterocycles. The van der Waals surface area contributed by atoms with Gasteiger partial charge in [-0.3, -0.25) is 0 Å². The highest BCUT2D eigenvalue weighted by Crippen LogP contribution is 2.20. The van der Waals surface area contributed by atoms with Gasteiger partial charge < -0.3 is 10.1 Å². The van der Waals surface area contributed by atoms with E-state index >= 15 is 0 Å². The number of ether oxygens (including phenoxy) is 1. The summed E-state index contributed by atoms with van der Waals surface area (Å²) in [6, 6.07) is 8.96. The van der Waals surface area contributed by atoms with Gasteiger partial charge in [0.1, 0.15) is 12.4 Å². The molecular weight excluding hydrogens is 246 g/mol. The van der Waals surface area contributed by atoms with Crippen LogP contribution in [0.3, 0.4) is 0 Å². The van der Waals surface area contributed by atoms with Crippen molar-refractivity contribution in [1.82, 2.24) is 5.32 Å². The predicted octanol–water partition coefficient (Wildman–Crippen LogP) is 4.45. The van der Waals surface area contributed by atoms with Gasteiger partial charge in [0.15, 0.2) is 0 Å². The van der Waals surface area contributed by atoms with Crippen LogP contribution >= 0.6 is 0 Å². The third-order valence-corrected chi connectivity index (χ3v) is 4.02. The summed E-state index contributed by atoms with van der Waals surface area (Å²) < 4.78 is 5.71. The number of rotatable bonds is 6. The molecule has 2 heteroatoms. The Balaban J connectivity index is 1.87. The van der Waals surface area contributed by atoms with Crippen LogP contribution in [0.5, 0.6) is 5.75 Å². The SMILES string of the molecule is C=CCOc1ccccc1CNC1CCCCCCC1. The fourth-order valence-electron chi connectivity index (χ4n) is 2.85. The molecule has 1 saturated carbocycles. The lowest BCUT2D eigenvalue weighted by Gasteiger charge is -2.21. The van der Waals surface area contributed by atoms with Gasteiger partial charge >= 0.3 is 0 Å². The minimum Gasteiger partial charge on any atom is -0.489 e. The summed E-state index contributed by atoms with van der Waals surface area (Å²) in [6.07, 6.45) is 11.4. The first-order valence-corrected chi connectivity index (χ1v) is 7.95. The highest BCUT2D eigenvalue weighted by Gasteiger charge is 2.11. The summed E-state index contributed by atoms with van der Waals surface area (Å²) in [6.45, 7) is 5.17. The second-order valence-electron chi connectivity index (χ2n) is 5.63. The van der Waals surface area contributed by atoms with E-state index in [0.717, 1.165) is 12.3 Å². The Kier molecular flexibility index (Phi) is 6.65. The van der Waals surface area contributed by atoms with Crippen LogP contribution in [0.1, 0.15) is 50.5 Å². The van der Waals surface area contributed by atoms with E-state index in [2.05, 4.69) is 24.0 Å². The molecule has 2 nitrogen and oxygen atoms in total. The summed E-state index contributed by atoms with van der Waals surface area (Å²) in [4.78, 5) is 0. The first kappa shape index (κ1) is 15.1. The van der Waals surface area contributed by atoms with E-state index in [-0.39, 0.29) is 0 Å². The monoisotopic (exact) mass is 273 g/mol. The van der Waals surface area contributed by atoms with Crippen LogP contribution in [-0.2, 0) is 6.54 Å². The standard InChI is InChI=1S/C18H27NO/c1-2-14-20-18-13-9-8-10-16(18)15-19-17-11-6-4-3-5-7-12-17/h2,8-10,13,17,19H,1,3-7,11-12,14-15H2. The molecular formula is C18H27NO. The molecule has 110 valence electrons. The smallest absolute Gasteiger partial charge is 0.124 e. The van der Waals surface area contributed by atoms with Crippen molar-refractivity contribution >= 4 is 0 Å². The van der Waals surface area contributed by atoms with Crippen LogP contribution in [0.2, 0.25) is 0 Å². The lowest BCUT2D eigenvalue weighted by atomic mass is 9.96. The lowest BCUT2D eigenvalue weighted by molar-refractivity contribution is 0.351. The van der Waals surface area contributed by atoms with Gasteiger partial charge in [0.05, 0.1) is 0 Å². The van der Waals surface area contributed by atoms with E-state index in [4.69, 9.17) is 4.74 Å². The van der Waals surface area contributed by atoms with Crippen molar-refractivity contribution in [2.24, 2.45) is 0 Å². The van der Waals surface area contributed by atoms with Gasteiger partial charge in [0, 0.05) is 18.2 Å². The highest BCUT2D eigenvalue weighted by atomic mass is 16.5. The molecule has 1 N–H and O–H groups in total. The van der Waals surface area contributed by atoms with E-state index in [1.807, 2.05) is 12.1 Å². The van der Waals surface area contributed by atoms with Crippen molar-refractivity contribution in [1.29, 1.82) is 0 Å². The molecule has 0 bridgehead atoms. The third kappa shape index (κ3) is 5.01. The maximum absolute atomic E-state index is 5.71. The maximum atomic E-state index is 5.71. The van der Waals surface area contributed by atoms with Crippen LogP contribution in [0, 0.1) is 0 Å². The molecule has 0 radical (unpaired) electrons. The third-order valence-electron chi connectivity index (χ3n) is 4.02. The minimum absolute atomic E-state index is 0.570. The summed E-state index contributed by atoms with van der Waals surface area (Å²) in [7, 11) is 0. The Labute approximate surface area is 123 Å². The Morgan fingerprint density at radius 2 is 1.80 bits per heavy atom. The average molecular weight is 273 g/mol. The van der Waals surface area contributed by atoms with Crippen molar-refractivity contribution in [3.63, 3.8) is 0 Å². The van der Waals surface area contributed by atoms with E-state index in [1.165, 1.54) is 50.5 Å². The van der Waals surface area contributed by atoms with E-state index in [0.29, 0.717) is 12.6 Å². The second kappa shape index (κ2) is 8.80. The number of hydrogen-bond donors (Lipinski definition) is 1. The predicted molar refractivity (Wildman–Crippen MR) is 85.1 cm³/mol. The molecule has 2 rings (SSSR count). The van der Waals surface area contributed by atoms with E-state index in [1.54, 1.807) is 6.08 Å². The van der Waals surface area contributed by atoms with Crippen molar-refractivity contribution in [3.05, 3.63) is 42.5 Å². The number of benzene rings is 1. The highest BCUT2D eigenvalue weighted by molar-refractivity contribution is 5.33. The van der Waals surface area contributed by atoms with Crippen LogP contribution in [0.4, 0.5) is 0 Å². The summed E-state index contributed by atoms with van der Waals surface area (Å²) in [5, 5.41) is 3.72. The first-order chi connectivity index (χ1) is 9.90. The Bertz CT molecular complexity index is 394. The van der Waals surface area contributed by atoms with Crippen molar-refractivity contribution in [2.75, 3.05) is 6.61 Å². The topological polar surface area (TPSA) is 21.3 Å². The van der Waals surface area contributed by atoms with E-state index in [9.17, 15) is 0 Å². The molecule has 1 aromatic carbocycles. The lowest BCUT2D eigenvalue weighted by Crippen LogP contribution is -2.29. The van der Waals surface area contributed by atoms with Crippen LogP contribution in [0.25, 0.3) is 0 Å². The Morgan fingerprint density at radius 3 is 2.55 bits per heavy atom. The molecule has 1 aliphatic carbocycles. The summed E-state index contributed by atoms with van der Waals surface area (Å²) in [5.41, 5.74) is 1.25. The van der Waals surface area contributed by atoms with Crippen molar-refractivity contribution in [2.45, 2.75) is 57.5 Å². The maximum Gasteiger partial charge on any atom is 0.124 e. The zero-order valence-corrected chi connectivity index (χ0v) is 12.4. The molecule has 20 heavy (non-hydrogen) atoms. The molecule has 0 aromatic heterocycles. The zero-order valence-electron chi connectivity index (χ0n) is 12.4. The zero-order chi connectivity index (χ0) is 14.0. The number of hydrogen-bond acceptors (Lipinski definition) is 2. The summed E-state index contributed by atoms with van der Waals surface area (Å²) >= 11 is 0. The number of nitrogens with one attached hydrogen (secondary N) is 1. The molecule has 0 saturated heterocycles. The molecule has 1 aliphatic rings. The quantitative estimate of drug-likeness (QED) is 0.773. The van der Waals surface area contributed by atoms with Gasteiger partial charge in [-0.2, -0.15) is 0 Å². The number of para-hydroxylation sites is 1. The largest absolute Gasteiger partial charge is 0.489 e. The van der Waals surface area contributed by atoms with Gasteiger partial charge in [0.25, 0.3) is 0 Å².